The van der Waals surface area contributed by atoms with Gasteiger partial charge in [0.2, 0.25) is 0 Å². The maximum Gasteiger partial charge on any atom is 0.511 e. The summed E-state index contributed by atoms with van der Waals surface area (Å²) in [5.41, 5.74) is 2.32. The largest absolute Gasteiger partial charge is 0.511 e. The topological polar surface area (TPSA) is 59.4 Å². The van der Waals surface area contributed by atoms with Crippen molar-refractivity contribution in [2.75, 3.05) is 0 Å². The number of rotatable bonds is 3. The summed E-state index contributed by atoms with van der Waals surface area (Å²) >= 11 is 1.72. The fraction of sp³-hybridized carbons (Fsp3) is 0.125. The number of thiophene rings is 1. The van der Waals surface area contributed by atoms with Crippen molar-refractivity contribution in [2.45, 2.75) is 13.3 Å². The average Bonchev–Trinajstić information content (AvgIpc) is 2.76. The van der Waals surface area contributed by atoms with Gasteiger partial charge in [-0.15, -0.1) is 11.3 Å². The molecule has 0 fully saturated rings. The van der Waals surface area contributed by atoms with Crippen LogP contribution in [-0.4, -0.2) is 16.2 Å². The molecule has 2 aromatic heterocycles. The maximum atomic E-state index is 10.6. The minimum Gasteiger partial charge on any atom is -0.449 e. The lowest BCUT2D eigenvalue weighted by molar-refractivity contribution is 0.144. The summed E-state index contributed by atoms with van der Waals surface area (Å²) in [6, 6.07) is 9.34. The standard InChI is InChI=1S/C16H13NO3S/c1-10-13-8-12(20-16(18)19)4-5-14(13)21-15(10)7-11-3-2-6-17-9-11/h2-6,8-9H,7H2,1H3,(H,18,19). The molecule has 0 atom stereocenters. The first kappa shape index (κ1) is 13.6. The third kappa shape index (κ3) is 2.87. The Labute approximate surface area is 125 Å². The van der Waals surface area contributed by atoms with Crippen LogP contribution in [0.25, 0.3) is 10.1 Å². The fourth-order valence-electron chi connectivity index (χ4n) is 2.27. The lowest BCUT2D eigenvalue weighted by atomic mass is 10.1. The second kappa shape index (κ2) is 5.54. The van der Waals surface area contributed by atoms with Crippen molar-refractivity contribution in [3.8, 4) is 5.75 Å². The number of ether oxygens (including phenoxy) is 1. The minimum absolute atomic E-state index is 0.351. The van der Waals surface area contributed by atoms with Crippen LogP contribution in [0.1, 0.15) is 16.0 Å². The van der Waals surface area contributed by atoms with E-state index in [9.17, 15) is 4.79 Å². The van der Waals surface area contributed by atoms with Crippen LogP contribution in [0.15, 0.2) is 42.7 Å². The van der Waals surface area contributed by atoms with Crippen LogP contribution in [0, 0.1) is 6.92 Å². The molecule has 2 heterocycles. The van der Waals surface area contributed by atoms with Gasteiger partial charge in [0.1, 0.15) is 5.75 Å². The quantitative estimate of drug-likeness (QED) is 0.580. The molecule has 3 aromatic rings. The van der Waals surface area contributed by atoms with Crippen LogP contribution in [0.4, 0.5) is 4.79 Å². The van der Waals surface area contributed by atoms with Gasteiger partial charge in [0.05, 0.1) is 0 Å². The first-order valence-corrected chi connectivity index (χ1v) is 7.27. The van der Waals surface area contributed by atoms with Gasteiger partial charge in [-0.25, -0.2) is 4.79 Å². The number of hydrogen-bond donors (Lipinski definition) is 1. The second-order valence-corrected chi connectivity index (χ2v) is 5.85. The predicted molar refractivity (Wildman–Crippen MR) is 82.3 cm³/mol. The Morgan fingerprint density at radius 2 is 2.24 bits per heavy atom. The Kier molecular flexibility index (Phi) is 3.58. The smallest absolute Gasteiger partial charge is 0.449 e. The highest BCUT2D eigenvalue weighted by molar-refractivity contribution is 7.19. The van der Waals surface area contributed by atoms with E-state index in [-0.39, 0.29) is 0 Å². The van der Waals surface area contributed by atoms with Crippen molar-refractivity contribution >= 4 is 27.6 Å². The molecular formula is C16H13NO3S. The molecule has 0 bridgehead atoms. The number of fused-ring (bicyclic) bond motifs is 1. The van der Waals surface area contributed by atoms with E-state index in [1.807, 2.05) is 18.3 Å². The van der Waals surface area contributed by atoms with E-state index < -0.39 is 6.16 Å². The Balaban J connectivity index is 1.97. The van der Waals surface area contributed by atoms with Crippen molar-refractivity contribution in [2.24, 2.45) is 0 Å². The molecule has 21 heavy (non-hydrogen) atoms. The van der Waals surface area contributed by atoms with E-state index in [0.717, 1.165) is 27.6 Å². The van der Waals surface area contributed by atoms with Crippen LogP contribution in [0.3, 0.4) is 0 Å². The lowest BCUT2D eigenvalue weighted by Gasteiger charge is -2.01. The van der Waals surface area contributed by atoms with Gasteiger partial charge in [-0.3, -0.25) is 4.98 Å². The molecule has 0 spiro atoms. The second-order valence-electron chi connectivity index (χ2n) is 4.71. The van der Waals surface area contributed by atoms with Crippen molar-refractivity contribution < 1.29 is 14.6 Å². The number of hydrogen-bond acceptors (Lipinski definition) is 4. The number of nitrogens with zero attached hydrogens (tertiary/aromatic N) is 1. The average molecular weight is 299 g/mol. The molecule has 1 N–H and O–H groups in total. The monoisotopic (exact) mass is 299 g/mol. The van der Waals surface area contributed by atoms with Crippen LogP contribution >= 0.6 is 11.3 Å². The lowest BCUT2D eigenvalue weighted by Crippen LogP contribution is -2.02. The number of carboxylic acid groups (broad SMARTS) is 1. The van der Waals surface area contributed by atoms with Crippen molar-refractivity contribution in [3.05, 3.63) is 58.7 Å². The molecule has 106 valence electrons. The molecule has 3 rings (SSSR count). The highest BCUT2D eigenvalue weighted by atomic mass is 32.1. The summed E-state index contributed by atoms with van der Waals surface area (Å²) in [5, 5.41) is 9.72. The Morgan fingerprint density at radius 1 is 1.38 bits per heavy atom. The van der Waals surface area contributed by atoms with Crippen LogP contribution < -0.4 is 4.74 Å². The van der Waals surface area contributed by atoms with Gasteiger partial charge in [-0.2, -0.15) is 0 Å². The molecule has 0 saturated heterocycles. The van der Waals surface area contributed by atoms with Crippen molar-refractivity contribution in [1.29, 1.82) is 0 Å². The zero-order valence-corrected chi connectivity index (χ0v) is 12.2. The summed E-state index contributed by atoms with van der Waals surface area (Å²) < 4.78 is 5.84. The first-order chi connectivity index (χ1) is 10.1. The Bertz CT molecular complexity index is 796. The third-order valence-electron chi connectivity index (χ3n) is 3.30. The van der Waals surface area contributed by atoms with Gasteiger partial charge in [-0.1, -0.05) is 6.07 Å². The van der Waals surface area contributed by atoms with Gasteiger partial charge in [0.15, 0.2) is 0 Å². The van der Waals surface area contributed by atoms with E-state index in [2.05, 4.69) is 18.0 Å². The van der Waals surface area contributed by atoms with Gasteiger partial charge in [0.25, 0.3) is 0 Å². The van der Waals surface area contributed by atoms with Crippen molar-refractivity contribution in [1.82, 2.24) is 4.98 Å². The summed E-state index contributed by atoms with van der Waals surface area (Å²) in [6.07, 6.45) is 3.16. The number of pyridine rings is 1. The molecule has 1 aromatic carbocycles. The molecule has 0 aliphatic heterocycles. The molecule has 0 unspecified atom stereocenters. The summed E-state index contributed by atoms with van der Waals surface area (Å²) in [4.78, 5) is 16.0. The summed E-state index contributed by atoms with van der Waals surface area (Å²) in [5.74, 6) is 0.351. The SMILES string of the molecule is Cc1c(Cc2cccnc2)sc2ccc(OC(=O)O)cc12. The van der Waals surface area contributed by atoms with E-state index in [1.165, 1.54) is 4.88 Å². The number of aromatic nitrogens is 1. The maximum absolute atomic E-state index is 10.6. The van der Waals surface area contributed by atoms with Gasteiger partial charge in [0, 0.05) is 28.4 Å². The van der Waals surface area contributed by atoms with Crippen LogP contribution in [0.5, 0.6) is 5.75 Å². The zero-order chi connectivity index (χ0) is 14.8. The highest BCUT2D eigenvalue weighted by Crippen LogP contribution is 2.34. The Morgan fingerprint density at radius 3 is 2.95 bits per heavy atom. The molecule has 0 radical (unpaired) electrons. The minimum atomic E-state index is -1.29. The molecule has 0 amide bonds. The fourth-order valence-corrected chi connectivity index (χ4v) is 3.50. The highest BCUT2D eigenvalue weighted by Gasteiger charge is 2.11. The van der Waals surface area contributed by atoms with Gasteiger partial charge >= 0.3 is 6.16 Å². The van der Waals surface area contributed by atoms with E-state index in [0.29, 0.717) is 5.75 Å². The number of benzene rings is 1. The number of carbonyl (C=O) groups is 1. The zero-order valence-electron chi connectivity index (χ0n) is 11.4. The van der Waals surface area contributed by atoms with Gasteiger partial charge in [-0.05, 0) is 47.7 Å². The molecule has 0 aliphatic rings. The van der Waals surface area contributed by atoms with Crippen molar-refractivity contribution in [3.63, 3.8) is 0 Å². The molecule has 5 heteroatoms. The normalized spacial score (nSPS) is 10.7. The predicted octanol–water partition coefficient (Wildman–Crippen LogP) is 4.25. The van der Waals surface area contributed by atoms with Crippen LogP contribution in [-0.2, 0) is 6.42 Å². The summed E-state index contributed by atoms with van der Waals surface area (Å²) in [7, 11) is 0. The third-order valence-corrected chi connectivity index (χ3v) is 4.57. The molecule has 4 nitrogen and oxygen atoms in total. The molecule has 0 saturated carbocycles. The van der Waals surface area contributed by atoms with Crippen LogP contribution in [0.2, 0.25) is 0 Å². The Hall–Kier alpha value is -2.40. The van der Waals surface area contributed by atoms with Gasteiger partial charge < -0.3 is 9.84 Å². The summed E-state index contributed by atoms with van der Waals surface area (Å²) in [6.45, 7) is 2.05. The molecular weight excluding hydrogens is 286 g/mol. The molecule has 0 aliphatic carbocycles. The van der Waals surface area contributed by atoms with E-state index >= 15 is 0 Å². The van der Waals surface area contributed by atoms with E-state index in [4.69, 9.17) is 9.84 Å². The number of aryl methyl sites for hydroxylation is 1. The first-order valence-electron chi connectivity index (χ1n) is 6.45. The van der Waals surface area contributed by atoms with E-state index in [1.54, 1.807) is 29.7 Å².